The number of allylic oxidation sites excluding steroid dienone is 1. The molecule has 0 N–H and O–H groups in total. The fraction of sp³-hybridized carbons (Fsp3) is 0.282. The van der Waals surface area contributed by atoms with E-state index in [1.807, 2.05) is 30.0 Å². The average Bonchev–Trinajstić information content (AvgIpc) is 3.53. The third-order valence-corrected chi connectivity index (χ3v) is 10.4. The van der Waals surface area contributed by atoms with Crippen molar-refractivity contribution >= 4 is 33.6 Å². The lowest BCUT2D eigenvalue weighted by atomic mass is 9.75. The first-order chi connectivity index (χ1) is 22.2. The molecule has 3 heterocycles. The van der Waals surface area contributed by atoms with Crippen LogP contribution in [-0.2, 0) is 0 Å². The molecular weight excluding hydrogens is 589 g/mol. The number of hydrogen-bond acceptors (Lipinski definition) is 5. The Kier molecular flexibility index (Phi) is 7.89. The number of hydrogen-bond donors (Lipinski definition) is 0. The van der Waals surface area contributed by atoms with E-state index >= 15 is 0 Å². The van der Waals surface area contributed by atoms with Crippen LogP contribution in [-0.4, -0.2) is 37.9 Å². The van der Waals surface area contributed by atoms with Crippen LogP contribution in [0.5, 0.6) is 17.2 Å². The van der Waals surface area contributed by atoms with Crippen molar-refractivity contribution in [1.82, 2.24) is 19.3 Å². The molecule has 46 heavy (non-hydrogen) atoms. The van der Waals surface area contributed by atoms with Crippen molar-refractivity contribution in [2.75, 3.05) is 13.4 Å². The Bertz CT molecular complexity index is 2120. The number of rotatable bonds is 7. The maximum absolute atomic E-state index is 6.60. The Balaban J connectivity index is 1.27. The van der Waals surface area contributed by atoms with Crippen LogP contribution in [0.2, 0.25) is 0 Å². The number of ether oxygens (including phenoxy) is 2. The van der Waals surface area contributed by atoms with Crippen LogP contribution < -0.4 is 9.47 Å². The Morgan fingerprint density at radius 1 is 0.848 bits per heavy atom. The van der Waals surface area contributed by atoms with E-state index in [0.717, 1.165) is 61.8 Å². The standard InChI is InChI=1S/C39H40N4O2S/c1-23-16-28(43-27(5)39(26(4)41-43)38-24(2)18-32(46-7)19-25(38)3)20-31(17-23)45-30-12-13-34-33-10-8-9-11-35(33)42(36(34)21-30)37-22-29(44-6)14-15-40-37/h8-18,20-22,25,32,38H,19H2,1-7H3/t25-,32-,38?/m0/s1. The van der Waals surface area contributed by atoms with Crippen LogP contribution in [0, 0.1) is 26.7 Å². The number of thioether (sulfide) groups is 1. The molecule has 6 aromatic rings. The minimum absolute atomic E-state index is 0.384. The number of pyridine rings is 1. The summed E-state index contributed by atoms with van der Waals surface area (Å²) in [6.07, 6.45) is 7.64. The van der Waals surface area contributed by atoms with Crippen molar-refractivity contribution in [3.8, 4) is 28.8 Å². The van der Waals surface area contributed by atoms with Crippen molar-refractivity contribution in [3.63, 3.8) is 0 Å². The molecule has 0 fully saturated rings. The van der Waals surface area contributed by atoms with E-state index in [4.69, 9.17) is 19.6 Å². The maximum Gasteiger partial charge on any atom is 0.141 e. The van der Waals surface area contributed by atoms with Gasteiger partial charge in [0.2, 0.25) is 0 Å². The van der Waals surface area contributed by atoms with Gasteiger partial charge in [-0.25, -0.2) is 9.67 Å². The van der Waals surface area contributed by atoms with Gasteiger partial charge in [0.05, 0.1) is 29.5 Å². The summed E-state index contributed by atoms with van der Waals surface area (Å²) in [5.74, 6) is 4.03. The number of benzene rings is 3. The number of methoxy groups -OCH3 is 1. The average molecular weight is 629 g/mol. The van der Waals surface area contributed by atoms with Gasteiger partial charge in [0.1, 0.15) is 23.1 Å². The molecule has 1 aliphatic rings. The zero-order chi connectivity index (χ0) is 32.1. The summed E-state index contributed by atoms with van der Waals surface area (Å²) in [5.41, 5.74) is 9.31. The van der Waals surface area contributed by atoms with E-state index in [-0.39, 0.29) is 0 Å². The number of para-hydroxylation sites is 1. The fourth-order valence-corrected chi connectivity index (χ4v) is 8.25. The first-order valence-electron chi connectivity index (χ1n) is 15.9. The summed E-state index contributed by atoms with van der Waals surface area (Å²) >= 11 is 1.95. The molecule has 3 aromatic heterocycles. The van der Waals surface area contributed by atoms with Gasteiger partial charge in [-0.1, -0.05) is 36.8 Å². The molecule has 0 amide bonds. The van der Waals surface area contributed by atoms with Crippen molar-refractivity contribution in [2.45, 2.75) is 52.2 Å². The highest BCUT2D eigenvalue weighted by atomic mass is 32.2. The topological polar surface area (TPSA) is 54.1 Å². The Hall–Kier alpha value is -4.49. The van der Waals surface area contributed by atoms with Crippen molar-refractivity contribution < 1.29 is 9.47 Å². The number of nitrogens with zero attached hydrogens (tertiary/aromatic N) is 4. The SMILES string of the molecule is COc1ccnc(-n2c3ccccc3c3ccc(Oc4cc(C)cc(-n5nc(C)c(C6C(C)=C[C@H](SC)C[C@@H]6C)c5C)c4)cc32)c1. The van der Waals surface area contributed by atoms with Crippen LogP contribution in [0.1, 0.15) is 48.7 Å². The fourth-order valence-electron chi connectivity index (χ4n) is 7.40. The highest BCUT2D eigenvalue weighted by Gasteiger charge is 2.32. The normalized spacial score (nSPS) is 18.2. The largest absolute Gasteiger partial charge is 0.497 e. The second-order valence-electron chi connectivity index (χ2n) is 12.6. The molecule has 3 atom stereocenters. The Morgan fingerprint density at radius 3 is 2.43 bits per heavy atom. The van der Waals surface area contributed by atoms with Gasteiger partial charge < -0.3 is 9.47 Å². The van der Waals surface area contributed by atoms with E-state index in [0.29, 0.717) is 17.1 Å². The first kappa shape index (κ1) is 30.2. The molecule has 0 saturated carbocycles. The molecule has 0 spiro atoms. The summed E-state index contributed by atoms with van der Waals surface area (Å²) < 4.78 is 16.4. The van der Waals surface area contributed by atoms with Crippen molar-refractivity contribution in [3.05, 3.63) is 113 Å². The first-order valence-corrected chi connectivity index (χ1v) is 17.1. The minimum atomic E-state index is 0.384. The summed E-state index contributed by atoms with van der Waals surface area (Å²) in [6.45, 7) is 11.1. The molecule has 1 aliphatic carbocycles. The minimum Gasteiger partial charge on any atom is -0.497 e. The molecule has 3 aromatic carbocycles. The highest BCUT2D eigenvalue weighted by Crippen LogP contribution is 2.44. The molecule has 234 valence electrons. The predicted molar refractivity (Wildman–Crippen MR) is 191 cm³/mol. The Labute approximate surface area is 275 Å². The lowest BCUT2D eigenvalue weighted by molar-refractivity contribution is 0.414. The number of aromatic nitrogens is 4. The molecular formula is C39H40N4O2S. The van der Waals surface area contributed by atoms with Gasteiger partial charge >= 0.3 is 0 Å². The van der Waals surface area contributed by atoms with E-state index in [9.17, 15) is 0 Å². The highest BCUT2D eigenvalue weighted by molar-refractivity contribution is 7.99. The number of aryl methyl sites for hydroxylation is 2. The van der Waals surface area contributed by atoms with Crippen LogP contribution >= 0.6 is 11.8 Å². The summed E-state index contributed by atoms with van der Waals surface area (Å²) in [6, 6.07) is 24.9. The second kappa shape index (κ2) is 12.0. The Morgan fingerprint density at radius 2 is 1.65 bits per heavy atom. The van der Waals surface area contributed by atoms with Crippen LogP contribution in [0.4, 0.5) is 0 Å². The monoisotopic (exact) mass is 628 g/mol. The van der Waals surface area contributed by atoms with E-state index in [1.165, 1.54) is 23.3 Å². The summed E-state index contributed by atoms with van der Waals surface area (Å²) in [4.78, 5) is 4.70. The summed E-state index contributed by atoms with van der Waals surface area (Å²) in [7, 11) is 1.68. The maximum atomic E-state index is 6.60. The summed E-state index contributed by atoms with van der Waals surface area (Å²) in [5, 5.41) is 7.97. The van der Waals surface area contributed by atoms with Gasteiger partial charge in [0.25, 0.3) is 0 Å². The van der Waals surface area contributed by atoms with E-state index < -0.39 is 0 Å². The second-order valence-corrected chi connectivity index (χ2v) is 13.6. The zero-order valence-electron chi connectivity index (χ0n) is 27.5. The van der Waals surface area contributed by atoms with E-state index in [2.05, 4.69) is 111 Å². The third kappa shape index (κ3) is 5.26. The smallest absolute Gasteiger partial charge is 0.141 e. The molecule has 7 heteroatoms. The van der Waals surface area contributed by atoms with Crippen LogP contribution in [0.3, 0.4) is 0 Å². The van der Waals surface area contributed by atoms with Crippen LogP contribution in [0.15, 0.2) is 90.6 Å². The van der Waals surface area contributed by atoms with Gasteiger partial charge in [-0.3, -0.25) is 4.57 Å². The van der Waals surface area contributed by atoms with Crippen molar-refractivity contribution in [2.24, 2.45) is 5.92 Å². The molecule has 1 unspecified atom stereocenters. The van der Waals surface area contributed by atoms with Gasteiger partial charge in [-0.05, 0) is 88.3 Å². The molecule has 0 aliphatic heterocycles. The molecule has 7 rings (SSSR count). The predicted octanol–water partition coefficient (Wildman–Crippen LogP) is 9.89. The number of fused-ring (bicyclic) bond motifs is 3. The quantitative estimate of drug-likeness (QED) is 0.165. The molecule has 6 nitrogen and oxygen atoms in total. The van der Waals surface area contributed by atoms with Crippen molar-refractivity contribution in [1.29, 1.82) is 0 Å². The molecule has 0 bridgehead atoms. The zero-order valence-corrected chi connectivity index (χ0v) is 28.4. The van der Waals surface area contributed by atoms with E-state index in [1.54, 1.807) is 13.3 Å². The lowest BCUT2D eigenvalue weighted by Gasteiger charge is -2.33. The molecule has 0 saturated heterocycles. The lowest BCUT2D eigenvalue weighted by Crippen LogP contribution is -2.22. The van der Waals surface area contributed by atoms with Crippen LogP contribution in [0.25, 0.3) is 33.3 Å². The van der Waals surface area contributed by atoms with Gasteiger partial charge in [-0.2, -0.15) is 16.9 Å². The van der Waals surface area contributed by atoms with Gasteiger partial charge in [-0.15, -0.1) is 0 Å². The van der Waals surface area contributed by atoms with Gasteiger partial charge in [0, 0.05) is 57.6 Å². The third-order valence-electron chi connectivity index (χ3n) is 9.42. The van der Waals surface area contributed by atoms with Gasteiger partial charge in [0.15, 0.2) is 0 Å². The molecule has 0 radical (unpaired) electrons.